The second-order valence-electron chi connectivity index (χ2n) is 3.26. The number of hydrogen-bond donors (Lipinski definition) is 2. The number of phenolic OH excluding ortho intramolecular Hbond substituents is 1. The summed E-state index contributed by atoms with van der Waals surface area (Å²) in [6.45, 7) is 1.71. The first kappa shape index (κ1) is 9.51. The van der Waals surface area contributed by atoms with Gasteiger partial charge in [0.15, 0.2) is 23.1 Å². The molecule has 1 aromatic carbocycles. The first-order valence-corrected chi connectivity index (χ1v) is 4.29. The van der Waals surface area contributed by atoms with Gasteiger partial charge in [0.25, 0.3) is 0 Å². The predicted molar refractivity (Wildman–Crippen MR) is 52.7 cm³/mol. The van der Waals surface area contributed by atoms with Crippen molar-refractivity contribution in [1.29, 1.82) is 0 Å². The lowest BCUT2D eigenvalue weighted by Crippen LogP contribution is -1.84. The summed E-state index contributed by atoms with van der Waals surface area (Å²) in [7, 11) is 0. The van der Waals surface area contributed by atoms with Crippen molar-refractivity contribution in [2.75, 3.05) is 5.73 Å². The monoisotopic (exact) mass is 208 g/mol. The van der Waals surface area contributed by atoms with E-state index in [0.717, 1.165) is 0 Å². The molecule has 0 aliphatic heterocycles. The molecule has 0 amide bonds. The molecule has 3 N–H and O–H groups in total. The van der Waals surface area contributed by atoms with Crippen LogP contribution < -0.4 is 5.73 Å². The van der Waals surface area contributed by atoms with E-state index < -0.39 is 11.6 Å². The summed E-state index contributed by atoms with van der Waals surface area (Å²) in [6.07, 6.45) is 0. The summed E-state index contributed by atoms with van der Waals surface area (Å²) in [5.74, 6) is -0.726. The van der Waals surface area contributed by atoms with Crippen molar-refractivity contribution < 1.29 is 14.0 Å². The highest BCUT2D eigenvalue weighted by Crippen LogP contribution is 2.33. The van der Waals surface area contributed by atoms with Crippen LogP contribution in [0.25, 0.3) is 11.3 Å². The zero-order valence-corrected chi connectivity index (χ0v) is 7.99. The molecule has 0 radical (unpaired) electrons. The number of halogens is 1. The number of hydrogen-bond acceptors (Lipinski definition) is 4. The van der Waals surface area contributed by atoms with Crippen LogP contribution in [0.3, 0.4) is 0 Å². The Labute approximate surface area is 85.1 Å². The van der Waals surface area contributed by atoms with Crippen molar-refractivity contribution in [1.82, 2.24) is 5.16 Å². The van der Waals surface area contributed by atoms with Gasteiger partial charge in [0.05, 0.1) is 5.56 Å². The first-order chi connectivity index (χ1) is 7.08. The van der Waals surface area contributed by atoms with Crippen molar-refractivity contribution in [3.05, 3.63) is 29.6 Å². The summed E-state index contributed by atoms with van der Waals surface area (Å²) >= 11 is 0. The maximum atomic E-state index is 13.2. The molecule has 0 unspecified atom stereocenters. The number of nitrogens with zero attached hydrogens (tertiary/aromatic N) is 1. The maximum absolute atomic E-state index is 13.2. The van der Waals surface area contributed by atoms with Gasteiger partial charge in [0, 0.05) is 6.07 Å². The largest absolute Gasteiger partial charge is 0.504 e. The Kier molecular flexibility index (Phi) is 2.07. The van der Waals surface area contributed by atoms with E-state index in [0.29, 0.717) is 5.56 Å². The van der Waals surface area contributed by atoms with Gasteiger partial charge in [-0.2, -0.15) is 0 Å². The zero-order chi connectivity index (χ0) is 11.0. The van der Waals surface area contributed by atoms with Crippen molar-refractivity contribution in [3.63, 3.8) is 0 Å². The Morgan fingerprint density at radius 1 is 1.40 bits per heavy atom. The van der Waals surface area contributed by atoms with E-state index in [9.17, 15) is 9.50 Å². The van der Waals surface area contributed by atoms with Gasteiger partial charge >= 0.3 is 0 Å². The lowest BCUT2D eigenvalue weighted by molar-refractivity contribution is 0.416. The van der Waals surface area contributed by atoms with Crippen LogP contribution in [0.1, 0.15) is 5.56 Å². The van der Waals surface area contributed by atoms with E-state index in [-0.39, 0.29) is 17.1 Å². The van der Waals surface area contributed by atoms with Crippen molar-refractivity contribution in [2.45, 2.75) is 6.92 Å². The minimum absolute atomic E-state index is 0.186. The number of aryl methyl sites for hydroxylation is 1. The van der Waals surface area contributed by atoms with Crippen LogP contribution in [0.15, 0.2) is 22.7 Å². The van der Waals surface area contributed by atoms with Crippen LogP contribution in [-0.4, -0.2) is 10.3 Å². The average molecular weight is 208 g/mol. The third kappa shape index (κ3) is 1.63. The van der Waals surface area contributed by atoms with Crippen LogP contribution in [-0.2, 0) is 0 Å². The number of anilines is 1. The molecule has 2 aromatic rings. The quantitative estimate of drug-likeness (QED) is 0.752. The summed E-state index contributed by atoms with van der Waals surface area (Å²) in [4.78, 5) is 0. The highest BCUT2D eigenvalue weighted by atomic mass is 19.1. The molecule has 5 heteroatoms. The second-order valence-corrected chi connectivity index (χ2v) is 3.26. The number of nitrogens with two attached hydrogens (primary N) is 1. The van der Waals surface area contributed by atoms with Gasteiger partial charge in [0.1, 0.15) is 0 Å². The zero-order valence-electron chi connectivity index (χ0n) is 7.99. The van der Waals surface area contributed by atoms with Crippen LogP contribution >= 0.6 is 0 Å². The molecule has 0 fully saturated rings. The highest BCUT2D eigenvalue weighted by Gasteiger charge is 2.14. The maximum Gasteiger partial charge on any atom is 0.172 e. The van der Waals surface area contributed by atoms with Gasteiger partial charge in [-0.1, -0.05) is 5.16 Å². The third-order valence-corrected chi connectivity index (χ3v) is 2.00. The molecule has 0 spiro atoms. The molecule has 0 aliphatic carbocycles. The number of nitrogen functional groups attached to an aromatic ring is 1. The fraction of sp³-hybridized carbons (Fsp3) is 0.100. The summed E-state index contributed by atoms with van der Waals surface area (Å²) < 4.78 is 18.0. The molecule has 0 aliphatic rings. The lowest BCUT2D eigenvalue weighted by Gasteiger charge is -2.03. The van der Waals surface area contributed by atoms with E-state index in [2.05, 4.69) is 5.16 Å². The SMILES string of the molecule is Cc1cc(F)c(O)c(-c2cc(N)no2)c1. The van der Waals surface area contributed by atoms with Crippen LogP contribution in [0.5, 0.6) is 5.75 Å². The Morgan fingerprint density at radius 3 is 2.73 bits per heavy atom. The number of phenols is 1. The molecule has 1 aromatic heterocycles. The number of rotatable bonds is 1. The van der Waals surface area contributed by atoms with E-state index in [1.807, 2.05) is 0 Å². The molecule has 0 saturated heterocycles. The molecule has 4 nitrogen and oxygen atoms in total. The van der Waals surface area contributed by atoms with Crippen LogP contribution in [0.2, 0.25) is 0 Å². The minimum atomic E-state index is -0.694. The smallest absolute Gasteiger partial charge is 0.172 e. The van der Waals surface area contributed by atoms with Crippen LogP contribution in [0, 0.1) is 12.7 Å². The van der Waals surface area contributed by atoms with Crippen molar-refractivity contribution >= 4 is 5.82 Å². The van der Waals surface area contributed by atoms with Crippen LogP contribution in [0.4, 0.5) is 10.2 Å². The van der Waals surface area contributed by atoms with E-state index in [1.54, 1.807) is 13.0 Å². The summed E-state index contributed by atoms with van der Waals surface area (Å²) in [6, 6.07) is 4.25. The van der Waals surface area contributed by atoms with Crippen molar-refractivity contribution in [2.24, 2.45) is 0 Å². The van der Waals surface area contributed by atoms with Gasteiger partial charge < -0.3 is 15.4 Å². The normalized spacial score (nSPS) is 10.5. The first-order valence-electron chi connectivity index (χ1n) is 4.29. The van der Waals surface area contributed by atoms with Gasteiger partial charge in [-0.15, -0.1) is 0 Å². The molecule has 2 rings (SSSR count). The molecular weight excluding hydrogens is 199 g/mol. The summed E-state index contributed by atoms with van der Waals surface area (Å²) in [5.41, 5.74) is 6.28. The molecule has 15 heavy (non-hydrogen) atoms. The Morgan fingerprint density at radius 2 is 2.13 bits per heavy atom. The lowest BCUT2D eigenvalue weighted by atomic mass is 10.1. The molecule has 1 heterocycles. The minimum Gasteiger partial charge on any atom is -0.504 e. The third-order valence-electron chi connectivity index (χ3n) is 2.00. The van der Waals surface area contributed by atoms with E-state index in [4.69, 9.17) is 10.3 Å². The number of aromatic nitrogens is 1. The van der Waals surface area contributed by atoms with E-state index in [1.165, 1.54) is 12.1 Å². The topological polar surface area (TPSA) is 72.3 Å². The Hall–Kier alpha value is -2.04. The summed E-state index contributed by atoms with van der Waals surface area (Å²) in [5, 5.41) is 12.9. The Bertz CT molecular complexity index is 508. The van der Waals surface area contributed by atoms with E-state index >= 15 is 0 Å². The van der Waals surface area contributed by atoms with Gasteiger partial charge in [-0.25, -0.2) is 4.39 Å². The van der Waals surface area contributed by atoms with Crippen molar-refractivity contribution in [3.8, 4) is 17.1 Å². The molecule has 0 saturated carbocycles. The molecule has 0 atom stereocenters. The second kappa shape index (κ2) is 3.27. The standard InChI is InChI=1S/C10H9FN2O2/c1-5-2-6(10(14)7(11)3-5)8-4-9(12)13-15-8/h2-4,14H,1H3,(H2,12,13). The fourth-order valence-electron chi connectivity index (χ4n) is 1.34. The number of aromatic hydroxyl groups is 1. The van der Waals surface area contributed by atoms with Gasteiger partial charge in [0.2, 0.25) is 0 Å². The van der Waals surface area contributed by atoms with Gasteiger partial charge in [-0.3, -0.25) is 0 Å². The highest BCUT2D eigenvalue weighted by molar-refractivity contribution is 5.68. The van der Waals surface area contributed by atoms with Gasteiger partial charge in [-0.05, 0) is 24.6 Å². The molecule has 0 bridgehead atoms. The average Bonchev–Trinajstić information content (AvgIpc) is 2.58. The predicted octanol–water partition coefficient (Wildman–Crippen LogP) is 2.08. The Balaban J connectivity index is 2.62. The molecule has 78 valence electrons. The molecular formula is C10H9FN2O2. The fourth-order valence-corrected chi connectivity index (χ4v) is 1.34. The number of benzene rings is 1.